The van der Waals surface area contributed by atoms with Crippen molar-refractivity contribution in [3.63, 3.8) is 0 Å². The van der Waals surface area contributed by atoms with Gasteiger partial charge >= 0.3 is 0 Å². The predicted octanol–water partition coefficient (Wildman–Crippen LogP) is 1.85. The van der Waals surface area contributed by atoms with Crippen molar-refractivity contribution in [3.05, 3.63) is 23.8 Å². The Morgan fingerprint density at radius 1 is 1.44 bits per heavy atom. The van der Waals surface area contributed by atoms with Gasteiger partial charge in [-0.3, -0.25) is 4.79 Å². The zero-order chi connectivity index (χ0) is 6.69. The molecule has 0 amide bonds. The van der Waals surface area contributed by atoms with Crippen LogP contribution in [0.3, 0.4) is 0 Å². The fraction of sp³-hybridized carbons (Fsp3) is 0.375. The van der Waals surface area contributed by atoms with Gasteiger partial charge in [-0.15, -0.1) is 0 Å². The first-order valence-corrected chi connectivity index (χ1v) is 3.18. The molecule has 0 heterocycles. The van der Waals surface area contributed by atoms with E-state index in [1.165, 1.54) is 0 Å². The molecule has 9 heavy (non-hydrogen) atoms. The van der Waals surface area contributed by atoms with Crippen LogP contribution in [0.4, 0.5) is 0 Å². The van der Waals surface area contributed by atoms with Gasteiger partial charge in [0, 0.05) is 0 Å². The molecule has 0 spiro atoms. The Morgan fingerprint density at radius 3 is 3.00 bits per heavy atom. The summed E-state index contributed by atoms with van der Waals surface area (Å²) in [5.74, 6) is 0.160. The monoisotopic (exact) mass is 122 g/mol. The minimum absolute atomic E-state index is 0.160. The fourth-order valence-electron chi connectivity index (χ4n) is 0.818. The summed E-state index contributed by atoms with van der Waals surface area (Å²) in [6.07, 6.45) is 7.58. The van der Waals surface area contributed by atoms with E-state index in [-0.39, 0.29) is 5.78 Å². The van der Waals surface area contributed by atoms with Crippen molar-refractivity contribution in [3.8, 4) is 0 Å². The second kappa shape index (κ2) is 2.62. The Balaban J connectivity index is 2.78. The number of hydrogen-bond acceptors (Lipinski definition) is 1. The van der Waals surface area contributed by atoms with E-state index in [4.69, 9.17) is 0 Å². The van der Waals surface area contributed by atoms with E-state index in [2.05, 4.69) is 0 Å². The van der Waals surface area contributed by atoms with Crippen molar-refractivity contribution >= 4 is 5.78 Å². The van der Waals surface area contributed by atoms with E-state index in [1.54, 1.807) is 6.08 Å². The molecule has 0 unspecified atom stereocenters. The highest BCUT2D eigenvalue weighted by Gasteiger charge is 2.00. The van der Waals surface area contributed by atoms with Crippen molar-refractivity contribution in [1.82, 2.24) is 0 Å². The summed E-state index contributed by atoms with van der Waals surface area (Å²) in [6.45, 7) is 1.86. The first kappa shape index (κ1) is 6.27. The van der Waals surface area contributed by atoms with Gasteiger partial charge < -0.3 is 0 Å². The Hall–Kier alpha value is -0.850. The molecular weight excluding hydrogens is 112 g/mol. The summed E-state index contributed by atoms with van der Waals surface area (Å²) in [6, 6.07) is 0. The second-order valence-electron chi connectivity index (χ2n) is 2.23. The number of ketones is 1. The van der Waals surface area contributed by atoms with Crippen LogP contribution in [0.2, 0.25) is 0 Å². The third-order valence-corrected chi connectivity index (χ3v) is 1.44. The quantitative estimate of drug-likeness (QED) is 0.479. The van der Waals surface area contributed by atoms with Crippen LogP contribution >= 0.6 is 0 Å². The number of carbonyl (C=O) groups excluding carboxylic acids is 1. The van der Waals surface area contributed by atoms with Gasteiger partial charge in [0.05, 0.1) is 0 Å². The van der Waals surface area contributed by atoms with Crippen LogP contribution in [0.25, 0.3) is 0 Å². The molecule has 0 saturated heterocycles. The summed E-state index contributed by atoms with van der Waals surface area (Å²) >= 11 is 0. The molecule has 1 aliphatic carbocycles. The lowest BCUT2D eigenvalue weighted by atomic mass is 10.2. The smallest absolute Gasteiger partial charge is 0.180 e. The number of rotatable bonds is 0. The largest absolute Gasteiger partial charge is 0.290 e. The maximum Gasteiger partial charge on any atom is 0.180 e. The van der Waals surface area contributed by atoms with Gasteiger partial charge in [0.25, 0.3) is 0 Å². The summed E-state index contributed by atoms with van der Waals surface area (Å²) in [7, 11) is 0. The lowest BCUT2D eigenvalue weighted by Gasteiger charge is -1.87. The molecule has 1 heteroatoms. The van der Waals surface area contributed by atoms with E-state index in [1.807, 2.05) is 19.1 Å². The molecule has 0 bridgehead atoms. The highest BCUT2D eigenvalue weighted by molar-refractivity contribution is 6.03. The molecule has 0 atom stereocenters. The minimum atomic E-state index is 0.160. The molecule has 0 aromatic heterocycles. The molecule has 1 nitrogen and oxygen atoms in total. The fourth-order valence-corrected chi connectivity index (χ4v) is 0.818. The van der Waals surface area contributed by atoms with E-state index in [9.17, 15) is 4.79 Å². The molecule has 0 N–H and O–H groups in total. The minimum Gasteiger partial charge on any atom is -0.290 e. The van der Waals surface area contributed by atoms with Crippen LogP contribution in [-0.4, -0.2) is 5.78 Å². The zero-order valence-electron chi connectivity index (χ0n) is 5.55. The Labute approximate surface area is 55.1 Å². The van der Waals surface area contributed by atoms with E-state index in [0.717, 1.165) is 18.4 Å². The van der Waals surface area contributed by atoms with Gasteiger partial charge in [-0.1, -0.05) is 12.2 Å². The van der Waals surface area contributed by atoms with Gasteiger partial charge in [-0.2, -0.15) is 0 Å². The molecule has 0 fully saturated rings. The first-order chi connectivity index (χ1) is 4.30. The Bertz CT molecular complexity index is 175. The van der Waals surface area contributed by atoms with Crippen LogP contribution in [0.1, 0.15) is 19.8 Å². The highest BCUT2D eigenvalue weighted by Crippen LogP contribution is 2.06. The summed E-state index contributed by atoms with van der Waals surface area (Å²) < 4.78 is 0. The van der Waals surface area contributed by atoms with Gasteiger partial charge in [0.1, 0.15) is 0 Å². The third-order valence-electron chi connectivity index (χ3n) is 1.44. The van der Waals surface area contributed by atoms with Crippen LogP contribution in [-0.2, 0) is 4.79 Å². The number of hydrogen-bond donors (Lipinski definition) is 0. The van der Waals surface area contributed by atoms with E-state index < -0.39 is 0 Å². The van der Waals surface area contributed by atoms with Crippen LogP contribution < -0.4 is 0 Å². The standard InChI is InChI=1S/C8H10O/c1-7-5-3-2-4-6-8(7)9/h4-6H,2-3H2,1H3. The van der Waals surface area contributed by atoms with Crippen LogP contribution in [0, 0.1) is 0 Å². The van der Waals surface area contributed by atoms with Crippen LogP contribution in [0.5, 0.6) is 0 Å². The average molecular weight is 122 g/mol. The molecule has 1 aliphatic rings. The average Bonchev–Trinajstić information content (AvgIpc) is 1.99. The van der Waals surface area contributed by atoms with Gasteiger partial charge in [0.2, 0.25) is 0 Å². The Kier molecular flexibility index (Phi) is 1.83. The molecule has 0 aromatic carbocycles. The normalized spacial score (nSPS) is 19.2. The van der Waals surface area contributed by atoms with Crippen molar-refractivity contribution in [1.29, 1.82) is 0 Å². The maximum absolute atomic E-state index is 10.9. The lowest BCUT2D eigenvalue weighted by Crippen LogP contribution is -1.91. The number of allylic oxidation sites excluding steroid dienone is 4. The summed E-state index contributed by atoms with van der Waals surface area (Å²) in [5.41, 5.74) is 0.878. The van der Waals surface area contributed by atoms with Gasteiger partial charge in [-0.25, -0.2) is 0 Å². The van der Waals surface area contributed by atoms with Crippen molar-refractivity contribution in [2.24, 2.45) is 0 Å². The first-order valence-electron chi connectivity index (χ1n) is 3.18. The van der Waals surface area contributed by atoms with E-state index >= 15 is 0 Å². The molecule has 0 aliphatic heterocycles. The topological polar surface area (TPSA) is 17.1 Å². The highest BCUT2D eigenvalue weighted by atomic mass is 16.1. The van der Waals surface area contributed by atoms with Crippen molar-refractivity contribution < 1.29 is 4.79 Å². The lowest BCUT2D eigenvalue weighted by molar-refractivity contribution is -0.111. The Morgan fingerprint density at radius 2 is 2.22 bits per heavy atom. The van der Waals surface area contributed by atoms with Crippen LogP contribution in [0.15, 0.2) is 23.8 Å². The molecular formula is C8H10O. The molecule has 1 rings (SSSR count). The zero-order valence-corrected chi connectivity index (χ0v) is 5.55. The van der Waals surface area contributed by atoms with Crippen molar-refractivity contribution in [2.75, 3.05) is 0 Å². The maximum atomic E-state index is 10.9. The van der Waals surface area contributed by atoms with E-state index in [0.29, 0.717) is 0 Å². The summed E-state index contributed by atoms with van der Waals surface area (Å²) in [5, 5.41) is 0. The molecule has 48 valence electrons. The number of carbonyl (C=O) groups is 1. The van der Waals surface area contributed by atoms with Crippen molar-refractivity contribution in [2.45, 2.75) is 19.8 Å². The molecule has 0 saturated carbocycles. The molecule has 0 aromatic rings. The third kappa shape index (κ3) is 1.53. The summed E-state index contributed by atoms with van der Waals surface area (Å²) in [4.78, 5) is 10.9. The molecule has 0 radical (unpaired) electrons. The van der Waals surface area contributed by atoms with Gasteiger partial charge in [-0.05, 0) is 31.4 Å². The SMILES string of the molecule is CC1=CCCC=CC1=O. The predicted molar refractivity (Wildman–Crippen MR) is 37.1 cm³/mol. The van der Waals surface area contributed by atoms with Gasteiger partial charge in [0.15, 0.2) is 5.78 Å². The second-order valence-corrected chi connectivity index (χ2v) is 2.23.